The van der Waals surface area contributed by atoms with Crippen molar-refractivity contribution in [3.05, 3.63) is 21.4 Å². The first-order valence-electron chi connectivity index (χ1n) is 5.96. The van der Waals surface area contributed by atoms with Gasteiger partial charge in [0.05, 0.1) is 0 Å². The van der Waals surface area contributed by atoms with E-state index >= 15 is 0 Å². The molecule has 2 rings (SSSR count). The molecule has 1 N–H and O–H groups in total. The molecule has 2 heterocycles. The Bertz CT molecular complexity index is 323. The Labute approximate surface area is 96.9 Å². The summed E-state index contributed by atoms with van der Waals surface area (Å²) in [6.45, 7) is 9.31. The van der Waals surface area contributed by atoms with Crippen molar-refractivity contribution in [1.82, 2.24) is 5.32 Å². The summed E-state index contributed by atoms with van der Waals surface area (Å²) in [7, 11) is 0. The van der Waals surface area contributed by atoms with Crippen LogP contribution in [0.25, 0.3) is 0 Å². The van der Waals surface area contributed by atoms with E-state index in [1.54, 1.807) is 5.56 Å². The van der Waals surface area contributed by atoms with Gasteiger partial charge in [0.15, 0.2) is 0 Å². The zero-order chi connectivity index (χ0) is 10.8. The molecule has 0 bridgehead atoms. The van der Waals surface area contributed by atoms with E-state index in [-0.39, 0.29) is 0 Å². The van der Waals surface area contributed by atoms with Gasteiger partial charge in [0.1, 0.15) is 0 Å². The second kappa shape index (κ2) is 4.67. The molecule has 1 aromatic heterocycles. The molecule has 1 aliphatic heterocycles. The number of nitrogens with one attached hydrogen (secondary N) is 1. The number of hydrogen-bond donors (Lipinski definition) is 1. The molecule has 84 valence electrons. The first-order chi connectivity index (χ1) is 7.18. The standard InChI is InChI=1S/C13H21NS/c1-9-8-13(11(3)15-9)10(2)12-4-6-14-7-5-12/h8,10,12,14H,4-7H2,1-3H3. The van der Waals surface area contributed by atoms with E-state index in [0.29, 0.717) is 0 Å². The Morgan fingerprint density at radius 3 is 2.53 bits per heavy atom. The molecule has 1 aromatic rings. The Morgan fingerprint density at radius 1 is 1.33 bits per heavy atom. The van der Waals surface area contributed by atoms with E-state index in [4.69, 9.17) is 0 Å². The largest absolute Gasteiger partial charge is 0.317 e. The normalized spacial score (nSPS) is 20.5. The highest BCUT2D eigenvalue weighted by Crippen LogP contribution is 2.35. The monoisotopic (exact) mass is 223 g/mol. The summed E-state index contributed by atoms with van der Waals surface area (Å²) in [5.74, 6) is 1.64. The molecule has 2 heteroatoms. The zero-order valence-electron chi connectivity index (χ0n) is 9.97. The molecular weight excluding hydrogens is 202 g/mol. The molecule has 0 amide bonds. The first-order valence-corrected chi connectivity index (χ1v) is 6.78. The molecule has 0 spiro atoms. The zero-order valence-corrected chi connectivity index (χ0v) is 10.8. The topological polar surface area (TPSA) is 12.0 Å². The van der Waals surface area contributed by atoms with Gasteiger partial charge >= 0.3 is 0 Å². The van der Waals surface area contributed by atoms with Crippen LogP contribution in [0.5, 0.6) is 0 Å². The third-order valence-electron chi connectivity index (χ3n) is 3.66. The summed E-state index contributed by atoms with van der Waals surface area (Å²) in [6.07, 6.45) is 2.69. The fourth-order valence-electron chi connectivity index (χ4n) is 2.70. The van der Waals surface area contributed by atoms with Crippen LogP contribution in [-0.4, -0.2) is 13.1 Å². The Kier molecular flexibility index (Phi) is 3.47. The molecule has 1 saturated heterocycles. The van der Waals surface area contributed by atoms with Crippen molar-refractivity contribution in [2.75, 3.05) is 13.1 Å². The highest BCUT2D eigenvalue weighted by Gasteiger charge is 2.23. The SMILES string of the molecule is Cc1cc(C(C)C2CCNCC2)c(C)s1. The van der Waals surface area contributed by atoms with Gasteiger partial charge in [-0.25, -0.2) is 0 Å². The van der Waals surface area contributed by atoms with Gasteiger partial charge in [-0.2, -0.15) is 0 Å². The van der Waals surface area contributed by atoms with Crippen molar-refractivity contribution in [2.24, 2.45) is 5.92 Å². The third-order valence-corrected chi connectivity index (χ3v) is 4.64. The molecule has 0 saturated carbocycles. The van der Waals surface area contributed by atoms with Crippen LogP contribution in [0.15, 0.2) is 6.07 Å². The molecule has 0 radical (unpaired) electrons. The number of rotatable bonds is 2. The van der Waals surface area contributed by atoms with Crippen molar-refractivity contribution in [3.63, 3.8) is 0 Å². The van der Waals surface area contributed by atoms with Crippen LogP contribution >= 0.6 is 11.3 Å². The minimum absolute atomic E-state index is 0.747. The summed E-state index contributed by atoms with van der Waals surface area (Å²) >= 11 is 1.95. The lowest BCUT2D eigenvalue weighted by atomic mass is 9.82. The molecule has 15 heavy (non-hydrogen) atoms. The highest BCUT2D eigenvalue weighted by molar-refractivity contribution is 7.12. The van der Waals surface area contributed by atoms with Crippen LogP contribution in [0.1, 0.15) is 41.0 Å². The quantitative estimate of drug-likeness (QED) is 0.809. The van der Waals surface area contributed by atoms with Gasteiger partial charge in [0.2, 0.25) is 0 Å². The van der Waals surface area contributed by atoms with Crippen LogP contribution in [0, 0.1) is 19.8 Å². The van der Waals surface area contributed by atoms with E-state index in [9.17, 15) is 0 Å². The Hall–Kier alpha value is -0.340. The lowest BCUT2D eigenvalue weighted by molar-refractivity contribution is 0.330. The lowest BCUT2D eigenvalue weighted by Gasteiger charge is -2.28. The van der Waals surface area contributed by atoms with E-state index < -0.39 is 0 Å². The van der Waals surface area contributed by atoms with Crippen LogP contribution in [0.2, 0.25) is 0 Å². The van der Waals surface area contributed by atoms with Gasteiger partial charge in [-0.3, -0.25) is 0 Å². The van der Waals surface area contributed by atoms with Gasteiger partial charge in [-0.1, -0.05) is 6.92 Å². The predicted molar refractivity (Wildman–Crippen MR) is 67.8 cm³/mol. The molecule has 1 unspecified atom stereocenters. The predicted octanol–water partition coefficient (Wildman–Crippen LogP) is 3.47. The van der Waals surface area contributed by atoms with Crippen molar-refractivity contribution >= 4 is 11.3 Å². The second-order valence-electron chi connectivity index (χ2n) is 4.74. The first kappa shape index (κ1) is 11.2. The number of thiophene rings is 1. The van der Waals surface area contributed by atoms with E-state index in [2.05, 4.69) is 32.2 Å². The molecular formula is C13H21NS. The van der Waals surface area contributed by atoms with Gasteiger partial charge in [0.25, 0.3) is 0 Å². The minimum atomic E-state index is 0.747. The third kappa shape index (κ3) is 2.43. The summed E-state index contributed by atoms with van der Waals surface area (Å²) in [4.78, 5) is 2.99. The van der Waals surface area contributed by atoms with Crippen molar-refractivity contribution < 1.29 is 0 Å². The average Bonchev–Trinajstić information content (AvgIpc) is 2.58. The van der Waals surface area contributed by atoms with E-state index in [1.165, 1.54) is 35.7 Å². The van der Waals surface area contributed by atoms with Crippen molar-refractivity contribution in [3.8, 4) is 0 Å². The Morgan fingerprint density at radius 2 is 2.00 bits per heavy atom. The molecule has 1 aliphatic rings. The highest BCUT2D eigenvalue weighted by atomic mass is 32.1. The van der Waals surface area contributed by atoms with Crippen molar-refractivity contribution in [1.29, 1.82) is 0 Å². The van der Waals surface area contributed by atoms with Gasteiger partial charge in [-0.05, 0) is 63.2 Å². The molecule has 0 aromatic carbocycles. The van der Waals surface area contributed by atoms with Gasteiger partial charge < -0.3 is 5.32 Å². The van der Waals surface area contributed by atoms with E-state index in [0.717, 1.165) is 11.8 Å². The minimum Gasteiger partial charge on any atom is -0.317 e. The van der Waals surface area contributed by atoms with Crippen LogP contribution < -0.4 is 5.32 Å². The average molecular weight is 223 g/mol. The number of hydrogen-bond acceptors (Lipinski definition) is 2. The maximum Gasteiger partial charge on any atom is 0.00518 e. The summed E-state index contributed by atoms with van der Waals surface area (Å²) in [5.41, 5.74) is 1.60. The Balaban J connectivity index is 2.12. The van der Waals surface area contributed by atoms with Gasteiger partial charge in [0, 0.05) is 9.75 Å². The smallest absolute Gasteiger partial charge is 0.00518 e. The molecule has 1 fully saturated rings. The van der Waals surface area contributed by atoms with Crippen LogP contribution in [0.3, 0.4) is 0 Å². The second-order valence-corrected chi connectivity index (χ2v) is 6.21. The molecule has 0 aliphatic carbocycles. The van der Waals surface area contributed by atoms with Crippen LogP contribution in [0.4, 0.5) is 0 Å². The molecule has 1 atom stereocenters. The maximum absolute atomic E-state index is 3.44. The maximum atomic E-state index is 3.44. The number of piperidine rings is 1. The fraction of sp³-hybridized carbons (Fsp3) is 0.692. The summed E-state index contributed by atoms with van der Waals surface area (Å²) < 4.78 is 0. The molecule has 1 nitrogen and oxygen atoms in total. The lowest BCUT2D eigenvalue weighted by Crippen LogP contribution is -2.30. The summed E-state index contributed by atoms with van der Waals surface area (Å²) in [6, 6.07) is 2.40. The number of aryl methyl sites for hydroxylation is 2. The van der Waals surface area contributed by atoms with E-state index in [1.807, 2.05) is 11.3 Å². The fourth-order valence-corrected chi connectivity index (χ4v) is 3.73. The van der Waals surface area contributed by atoms with Crippen LogP contribution in [-0.2, 0) is 0 Å². The van der Waals surface area contributed by atoms with Crippen molar-refractivity contribution in [2.45, 2.75) is 39.5 Å². The summed E-state index contributed by atoms with van der Waals surface area (Å²) in [5, 5.41) is 3.44. The van der Waals surface area contributed by atoms with Gasteiger partial charge in [-0.15, -0.1) is 11.3 Å².